The molecule has 0 unspecified atom stereocenters. The van der Waals surface area contributed by atoms with Crippen LogP contribution in [-0.4, -0.2) is 37.2 Å². The Balaban J connectivity index is 4.28. The number of ether oxygens (including phenoxy) is 3. The first-order valence-electron chi connectivity index (χ1n) is 32.7. The molecule has 6 nitrogen and oxygen atoms in total. The molecule has 1 atom stereocenters. The molecule has 0 rings (SSSR count). The zero-order valence-corrected chi connectivity index (χ0v) is 49.6. The van der Waals surface area contributed by atoms with Gasteiger partial charge in [-0.2, -0.15) is 0 Å². The lowest BCUT2D eigenvalue weighted by Crippen LogP contribution is -2.30. The maximum Gasteiger partial charge on any atom is 0.306 e. The molecule has 0 aliphatic rings. The van der Waals surface area contributed by atoms with E-state index in [0.29, 0.717) is 19.3 Å². The van der Waals surface area contributed by atoms with Gasteiger partial charge in [0.05, 0.1) is 0 Å². The van der Waals surface area contributed by atoms with Crippen LogP contribution in [0, 0.1) is 11.8 Å². The third-order valence-electron chi connectivity index (χ3n) is 15.2. The lowest BCUT2D eigenvalue weighted by Gasteiger charge is -2.18. The van der Waals surface area contributed by atoms with Gasteiger partial charge in [0.25, 0.3) is 0 Å². The summed E-state index contributed by atoms with van der Waals surface area (Å²) < 4.78 is 17.0. The van der Waals surface area contributed by atoms with Crippen molar-refractivity contribution in [2.24, 2.45) is 11.8 Å². The van der Waals surface area contributed by atoms with Crippen LogP contribution < -0.4 is 0 Å². The smallest absolute Gasteiger partial charge is 0.306 e. The van der Waals surface area contributed by atoms with Crippen LogP contribution in [0.3, 0.4) is 0 Å². The third-order valence-corrected chi connectivity index (χ3v) is 15.2. The Labute approximate surface area is 450 Å². The van der Waals surface area contributed by atoms with Gasteiger partial charge in [-0.1, -0.05) is 336 Å². The summed E-state index contributed by atoms with van der Waals surface area (Å²) in [6, 6.07) is 0. The highest BCUT2D eigenvalue weighted by atomic mass is 16.6. The van der Waals surface area contributed by atoms with Gasteiger partial charge in [-0.05, 0) is 31.1 Å². The SMILES string of the molecule is CCCCCCCCCCCCCCCCCCCCC(=O)OC[C@@H](COC(=O)CCCCCCCCCCCCCCCCCCC(C)C)OC(=O)CCCCCCCCCCCCCCCCC(C)C. The Morgan fingerprint density at radius 2 is 0.458 bits per heavy atom. The van der Waals surface area contributed by atoms with Crippen LogP contribution in [0.5, 0.6) is 0 Å². The standard InChI is InChI=1S/C66H128O6/c1-6-7-8-9-10-11-12-13-14-15-16-20-26-31-36-41-46-51-56-64(67)70-59-63(72-66(69)58-53-48-43-38-33-28-23-22-25-30-35-40-45-50-55-62(4)5)60-71-65(68)57-52-47-42-37-32-27-21-18-17-19-24-29-34-39-44-49-54-61(2)3/h61-63H,6-60H2,1-5H3/t63-/m0/s1. The number of carbonyl (C=O) groups is 3. The second-order valence-corrected chi connectivity index (χ2v) is 23.7. The number of unbranched alkanes of at least 4 members (excludes halogenated alkanes) is 45. The minimum absolute atomic E-state index is 0.0616. The van der Waals surface area contributed by atoms with Crippen LogP contribution in [0.15, 0.2) is 0 Å². The molecule has 0 aromatic rings. The van der Waals surface area contributed by atoms with Gasteiger partial charge >= 0.3 is 17.9 Å². The van der Waals surface area contributed by atoms with E-state index in [2.05, 4.69) is 34.6 Å². The van der Waals surface area contributed by atoms with Crippen molar-refractivity contribution >= 4 is 17.9 Å². The molecule has 0 aromatic heterocycles. The molecule has 0 heterocycles. The second kappa shape index (κ2) is 58.7. The predicted octanol–water partition coefficient (Wildman–Crippen LogP) is 22.0. The quantitative estimate of drug-likeness (QED) is 0.0343. The Morgan fingerprint density at radius 1 is 0.264 bits per heavy atom. The highest BCUT2D eigenvalue weighted by Crippen LogP contribution is 2.19. The maximum absolute atomic E-state index is 12.9. The minimum Gasteiger partial charge on any atom is -0.462 e. The molecule has 0 radical (unpaired) electrons. The van der Waals surface area contributed by atoms with Crippen molar-refractivity contribution in [3.05, 3.63) is 0 Å². The van der Waals surface area contributed by atoms with Gasteiger partial charge in [0.15, 0.2) is 6.10 Å². The van der Waals surface area contributed by atoms with Gasteiger partial charge in [0, 0.05) is 19.3 Å². The summed E-state index contributed by atoms with van der Waals surface area (Å²) in [6.45, 7) is 11.5. The van der Waals surface area contributed by atoms with E-state index < -0.39 is 6.10 Å². The summed E-state index contributed by atoms with van der Waals surface area (Å²) in [6.07, 6.45) is 65.3. The molecule has 6 heteroatoms. The Hall–Kier alpha value is -1.59. The molecular formula is C66H128O6. The number of carbonyl (C=O) groups excluding carboxylic acids is 3. The largest absolute Gasteiger partial charge is 0.462 e. The first-order chi connectivity index (χ1) is 35.2. The lowest BCUT2D eigenvalue weighted by molar-refractivity contribution is -0.167. The third kappa shape index (κ3) is 59.3. The summed E-state index contributed by atoms with van der Waals surface area (Å²) in [5.41, 5.74) is 0. The van der Waals surface area contributed by atoms with Crippen LogP contribution in [0.25, 0.3) is 0 Å². The van der Waals surface area contributed by atoms with Crippen molar-refractivity contribution in [1.82, 2.24) is 0 Å². The summed E-state index contributed by atoms with van der Waals surface area (Å²) in [7, 11) is 0. The second-order valence-electron chi connectivity index (χ2n) is 23.7. The van der Waals surface area contributed by atoms with Crippen molar-refractivity contribution in [2.75, 3.05) is 13.2 Å². The molecule has 0 amide bonds. The van der Waals surface area contributed by atoms with Crippen molar-refractivity contribution in [1.29, 1.82) is 0 Å². The average Bonchev–Trinajstić information content (AvgIpc) is 3.36. The molecule has 0 N–H and O–H groups in total. The number of rotatable bonds is 60. The van der Waals surface area contributed by atoms with Gasteiger partial charge in [0.1, 0.15) is 13.2 Å². The van der Waals surface area contributed by atoms with Crippen LogP contribution in [0.1, 0.15) is 375 Å². The van der Waals surface area contributed by atoms with Gasteiger partial charge < -0.3 is 14.2 Å². The molecular weight excluding hydrogens is 889 g/mol. The topological polar surface area (TPSA) is 78.9 Å². The van der Waals surface area contributed by atoms with E-state index in [1.54, 1.807) is 0 Å². The van der Waals surface area contributed by atoms with Gasteiger partial charge in [-0.25, -0.2) is 0 Å². The average molecular weight is 1020 g/mol. The highest BCUT2D eigenvalue weighted by molar-refractivity contribution is 5.71. The predicted molar refractivity (Wildman–Crippen MR) is 312 cm³/mol. The summed E-state index contributed by atoms with van der Waals surface area (Å²) in [5, 5.41) is 0. The van der Waals surface area contributed by atoms with E-state index in [-0.39, 0.29) is 31.1 Å². The zero-order chi connectivity index (χ0) is 52.5. The number of hydrogen-bond donors (Lipinski definition) is 0. The molecule has 72 heavy (non-hydrogen) atoms. The van der Waals surface area contributed by atoms with Crippen LogP contribution in [0.2, 0.25) is 0 Å². The van der Waals surface area contributed by atoms with Gasteiger partial charge in [-0.3, -0.25) is 14.4 Å². The van der Waals surface area contributed by atoms with Crippen molar-refractivity contribution in [3.63, 3.8) is 0 Å². The van der Waals surface area contributed by atoms with E-state index in [9.17, 15) is 14.4 Å². The summed E-state index contributed by atoms with van der Waals surface area (Å²) in [4.78, 5) is 38.4. The van der Waals surface area contributed by atoms with E-state index in [1.165, 1.54) is 263 Å². The van der Waals surface area contributed by atoms with Crippen molar-refractivity contribution in [2.45, 2.75) is 381 Å². The first-order valence-corrected chi connectivity index (χ1v) is 32.7. The van der Waals surface area contributed by atoms with Gasteiger partial charge in [-0.15, -0.1) is 0 Å². The lowest BCUT2D eigenvalue weighted by atomic mass is 10.0. The molecule has 428 valence electrons. The molecule has 0 aliphatic heterocycles. The molecule has 0 spiro atoms. The van der Waals surface area contributed by atoms with E-state index in [4.69, 9.17) is 14.2 Å². The zero-order valence-electron chi connectivity index (χ0n) is 49.6. The Morgan fingerprint density at radius 3 is 0.681 bits per heavy atom. The monoisotopic (exact) mass is 1020 g/mol. The first kappa shape index (κ1) is 70.4. The maximum atomic E-state index is 12.9. The molecule has 0 saturated heterocycles. The van der Waals surface area contributed by atoms with Crippen LogP contribution in [-0.2, 0) is 28.6 Å². The highest BCUT2D eigenvalue weighted by Gasteiger charge is 2.19. The number of hydrogen-bond acceptors (Lipinski definition) is 6. The molecule has 0 aromatic carbocycles. The fraction of sp³-hybridized carbons (Fsp3) is 0.955. The van der Waals surface area contributed by atoms with Crippen molar-refractivity contribution in [3.8, 4) is 0 Å². The summed E-state index contributed by atoms with van der Waals surface area (Å²) >= 11 is 0. The van der Waals surface area contributed by atoms with Gasteiger partial charge in [0.2, 0.25) is 0 Å². The molecule has 0 saturated carbocycles. The summed E-state index contributed by atoms with van der Waals surface area (Å²) in [5.74, 6) is 0.867. The van der Waals surface area contributed by atoms with Crippen LogP contribution in [0.4, 0.5) is 0 Å². The molecule has 0 bridgehead atoms. The minimum atomic E-state index is -0.764. The molecule has 0 fully saturated rings. The fourth-order valence-corrected chi connectivity index (χ4v) is 10.3. The van der Waals surface area contributed by atoms with E-state index in [1.807, 2.05) is 0 Å². The van der Waals surface area contributed by atoms with E-state index in [0.717, 1.165) is 69.6 Å². The normalized spacial score (nSPS) is 12.0. The van der Waals surface area contributed by atoms with E-state index >= 15 is 0 Å². The van der Waals surface area contributed by atoms with Crippen LogP contribution >= 0.6 is 0 Å². The fourth-order valence-electron chi connectivity index (χ4n) is 10.3. The Kier molecular flexibility index (Phi) is 57.4. The molecule has 0 aliphatic carbocycles. The van der Waals surface area contributed by atoms with Crippen molar-refractivity contribution < 1.29 is 28.6 Å². The number of esters is 3. The Bertz CT molecular complexity index is 1100.